The number of hydrogen-bond donors (Lipinski definition) is 4. The van der Waals surface area contributed by atoms with Crippen molar-refractivity contribution < 1.29 is 133 Å². The SMILES string of the molecule is BrCc1ccsc1.CCOC(=O)C(Cc1ccsc1)(OC[C@H]1O[C@@H](n2cnc3c(N(C(=O)OC(C)(C)C)C(=O)OC(C)(C)C)nc(Cl)nc32)[C@@H](F)[C@@H]1C)C(C)=O.CCOC(=O)C(OC[C@H]1O[C@@H](n2cnc3c(N(C(=O)OC(C)(C)C)C(=O)OC(C)(C)C)nc(Cl)nc32)[C@@H](F)[C@@H]1C)C(C)=O.Nc1nc(Cl)nc2c1ncn2[C@@H]1O[C@H](COC(Cc2ccsc2)(C(=O)O)C(=O)O)[C@@H](O)[C@@H]1F. The third-order valence-electron chi connectivity index (χ3n) is 19.3. The Hall–Kier alpha value is -9.89. The Morgan fingerprint density at radius 1 is 0.523 bits per heavy atom. The zero-order valence-corrected chi connectivity index (χ0v) is 80.9. The number of alkyl halides is 4. The van der Waals surface area contributed by atoms with E-state index in [9.17, 15) is 67.7 Å². The maximum absolute atomic E-state index is 16.1. The zero-order chi connectivity index (χ0) is 97.9. The molecule has 9 aromatic heterocycles. The van der Waals surface area contributed by atoms with Crippen LogP contribution in [0.1, 0.15) is 160 Å². The second-order valence-corrected chi connectivity index (χ2v) is 37.8. The Bertz CT molecular complexity index is 5520. The van der Waals surface area contributed by atoms with Gasteiger partial charge in [-0.15, -0.1) is 0 Å². The van der Waals surface area contributed by atoms with Crippen molar-refractivity contribution in [3.8, 4) is 0 Å². The summed E-state index contributed by atoms with van der Waals surface area (Å²) in [5, 5.41) is 40.6. The number of anilines is 3. The van der Waals surface area contributed by atoms with Crippen molar-refractivity contribution in [2.24, 2.45) is 11.8 Å². The third kappa shape index (κ3) is 25.8. The molecular weight excluding hydrogens is 1930 g/mol. The minimum Gasteiger partial charge on any atom is -0.479 e. The molecule has 0 aromatic carbocycles. The highest BCUT2D eigenvalue weighted by molar-refractivity contribution is 9.08. The lowest BCUT2D eigenvalue weighted by Gasteiger charge is -2.30. The van der Waals surface area contributed by atoms with Crippen molar-refractivity contribution in [1.29, 1.82) is 0 Å². The van der Waals surface area contributed by atoms with Gasteiger partial charge in [-0.1, -0.05) is 29.8 Å². The highest BCUT2D eigenvalue weighted by atomic mass is 79.9. The van der Waals surface area contributed by atoms with Gasteiger partial charge in [-0.25, -0.2) is 66.5 Å². The first kappa shape index (κ1) is 106. The van der Waals surface area contributed by atoms with Gasteiger partial charge in [-0.2, -0.15) is 73.7 Å². The quantitative estimate of drug-likeness (QED) is 0.0122. The lowest BCUT2D eigenvalue weighted by molar-refractivity contribution is -0.190. The van der Waals surface area contributed by atoms with E-state index in [0.717, 1.165) is 9.90 Å². The number of halogens is 7. The van der Waals surface area contributed by atoms with Crippen molar-refractivity contribution in [3.05, 3.63) is 102 Å². The maximum Gasteiger partial charge on any atom is 0.425 e. The number of imidazole rings is 3. The van der Waals surface area contributed by atoms with Crippen molar-refractivity contribution in [3.63, 3.8) is 0 Å². The number of aromatic nitrogens is 12. The van der Waals surface area contributed by atoms with E-state index in [1.165, 1.54) is 70.2 Å². The number of hydrogen-bond acceptors (Lipinski definition) is 36. The number of aliphatic hydroxyl groups is 1. The molecule has 14 atom stereocenters. The molecule has 0 bridgehead atoms. The highest BCUT2D eigenvalue weighted by Gasteiger charge is 2.55. The van der Waals surface area contributed by atoms with Gasteiger partial charge >= 0.3 is 48.3 Å². The summed E-state index contributed by atoms with van der Waals surface area (Å²) in [6.45, 7) is 26.9. The summed E-state index contributed by atoms with van der Waals surface area (Å²) in [7, 11) is 0. The smallest absolute Gasteiger partial charge is 0.425 e. The molecule has 2 unspecified atom stereocenters. The fourth-order valence-corrected chi connectivity index (χ4v) is 16.0. The lowest BCUT2D eigenvalue weighted by Crippen LogP contribution is -2.52. The number of fused-ring (bicyclic) bond motifs is 3. The number of rotatable bonds is 27. The number of carboxylic acid groups (broad SMARTS) is 2. The number of ketones is 2. The molecule has 5 N–H and O–H groups in total. The predicted molar refractivity (Wildman–Crippen MR) is 476 cm³/mol. The number of amides is 4. The van der Waals surface area contributed by atoms with Gasteiger partial charge in [0.05, 0.1) is 64.2 Å². The Morgan fingerprint density at radius 2 is 0.879 bits per heavy atom. The molecule has 12 heterocycles. The van der Waals surface area contributed by atoms with Crippen LogP contribution in [0.2, 0.25) is 15.9 Å². The standard InChI is InChI=1S/C32H41ClFN5O9S.C27H37ClFN5O9.C18H17ClFN5O7S.C5H5BrS/c1-10-44-26(41)32(18(3)40,13-19-11-12-49-15-19)45-14-20-17(2)21(34)25(46-20)38-16-35-22-23(38)36-27(33)37-24(22)39(28(42)47-30(4,5)6)29(43)48-31(7,8)9;1-10-39-22(36)18(14(3)35)40-11-15-13(2)16(29)21(41-15)33-12-30-17-19(33)31-23(28)32-20(17)34(24(37)42-26(4,5)6)25(38)43-27(7,8)9;19-17-23-12(21)10-13(24-17)25(6-22-10)14-9(20)11(26)8(32-14)4-31-18(15(27)28,16(29)30)3-7-1-2-33-5-7;6-3-5-1-2-7-4-5/h11-12,15-17,20-21,25H,10,13-14H2,1-9H3;12-13,15-16,18,21H,10-11H2,1-9H3;1-2,5-6,8-9,11,14,26H,3-4H2,(H,27,28)(H,29,30)(H2,21,23,24);1-2,4H,3H2/t17-,20-,21+,25-,32?;13-,15-,16+,18?,21-;8-,9+,11-,14-;/m111./s1. The number of aliphatic carboxylic acids is 2. The first-order valence-electron chi connectivity index (χ1n) is 40.5. The van der Waals surface area contributed by atoms with E-state index in [4.69, 9.17) is 97.4 Å². The van der Waals surface area contributed by atoms with E-state index in [0.29, 0.717) is 20.9 Å². The van der Waals surface area contributed by atoms with Crippen LogP contribution in [0, 0.1) is 11.8 Å². The Balaban J connectivity index is 0.000000217. The van der Waals surface area contributed by atoms with Crippen LogP contribution < -0.4 is 15.5 Å². The molecule has 0 aliphatic carbocycles. The molecule has 50 heteroatoms. The Morgan fingerprint density at radius 3 is 1.24 bits per heavy atom. The molecule has 0 spiro atoms. The minimum absolute atomic E-state index is 0.0191. The molecule has 132 heavy (non-hydrogen) atoms. The lowest BCUT2D eigenvalue weighted by atomic mass is 9.91. The number of carboxylic acids is 2. The van der Waals surface area contributed by atoms with E-state index in [2.05, 4.69) is 77.6 Å². The molecule has 3 aliphatic rings. The molecular formula is C82H100BrCl3F3N15O25S3. The summed E-state index contributed by atoms with van der Waals surface area (Å²) in [5.41, 5.74) is -0.524. The molecule has 4 amide bonds. The van der Waals surface area contributed by atoms with Crippen LogP contribution in [0.4, 0.5) is 49.8 Å². The first-order valence-corrected chi connectivity index (χ1v) is 45.6. The second kappa shape index (κ2) is 44.1. The third-order valence-corrected chi connectivity index (χ3v) is 22.7. The zero-order valence-electron chi connectivity index (χ0n) is 74.6. The number of thiophene rings is 3. The van der Waals surface area contributed by atoms with Gasteiger partial charge in [0.1, 0.15) is 40.1 Å². The van der Waals surface area contributed by atoms with E-state index < -0.39 is 191 Å². The van der Waals surface area contributed by atoms with Crippen molar-refractivity contribution in [2.45, 2.75) is 244 Å². The van der Waals surface area contributed by atoms with Crippen molar-refractivity contribution in [1.82, 2.24) is 58.6 Å². The molecule has 0 saturated carbocycles. The molecule has 9 aromatic rings. The van der Waals surface area contributed by atoms with Crippen LogP contribution in [-0.2, 0) is 104 Å². The van der Waals surface area contributed by atoms with Crippen molar-refractivity contribution in [2.75, 3.05) is 48.6 Å². The summed E-state index contributed by atoms with van der Waals surface area (Å²) >= 11 is 26.1. The van der Waals surface area contributed by atoms with Crippen LogP contribution in [0.5, 0.6) is 0 Å². The normalized spacial score (nSPS) is 21.0. The summed E-state index contributed by atoms with van der Waals surface area (Å²) in [6, 6.07) is 5.44. The van der Waals surface area contributed by atoms with Gasteiger partial charge in [0.15, 0.2) is 94.2 Å². The summed E-state index contributed by atoms with van der Waals surface area (Å²) < 4.78 is 117. The number of imide groups is 2. The van der Waals surface area contributed by atoms with Crippen LogP contribution in [0.25, 0.3) is 33.5 Å². The average Bonchev–Trinajstić information content (AvgIpc) is 1.60. The van der Waals surface area contributed by atoms with Gasteiger partial charge in [0.25, 0.3) is 5.60 Å². The average molecular weight is 2040 g/mol. The number of nitrogens with zero attached hydrogens (tertiary/aromatic N) is 14. The number of Topliss-reactive ketones (excluding diaryl/α,β-unsaturated/α-hetero) is 2. The minimum atomic E-state index is -2.66. The van der Waals surface area contributed by atoms with Crippen LogP contribution in [0.3, 0.4) is 0 Å². The topological polar surface area (TPSA) is 505 Å². The fraction of sp³-hybridized carbons (Fsp3) is 0.549. The summed E-state index contributed by atoms with van der Waals surface area (Å²) in [6.07, 6.45) is -17.3. The molecule has 12 rings (SSSR count). The summed E-state index contributed by atoms with van der Waals surface area (Å²) in [5.74, 6) is -8.65. The number of esters is 2. The Kier molecular flexibility index (Phi) is 35.3. The van der Waals surface area contributed by atoms with Gasteiger partial charge in [-0.05, 0) is 213 Å². The largest absolute Gasteiger partial charge is 0.479 e. The summed E-state index contributed by atoms with van der Waals surface area (Å²) in [4.78, 5) is 165. The molecule has 3 fully saturated rings. The van der Waals surface area contributed by atoms with Gasteiger partial charge < -0.3 is 77.9 Å². The molecule has 40 nitrogen and oxygen atoms in total. The first-order chi connectivity index (χ1) is 61.7. The van der Waals surface area contributed by atoms with Crippen LogP contribution in [-0.4, -0.2) is 249 Å². The molecule has 3 saturated heterocycles. The maximum atomic E-state index is 16.1. The highest BCUT2D eigenvalue weighted by Crippen LogP contribution is 2.43. The number of nitrogen functional groups attached to an aromatic ring is 1. The van der Waals surface area contributed by atoms with Crippen molar-refractivity contribution >= 4 is 196 Å². The Labute approximate surface area is 788 Å². The van der Waals surface area contributed by atoms with E-state index in [1.54, 1.807) is 150 Å². The van der Waals surface area contributed by atoms with Crippen LogP contribution >= 0.6 is 84.7 Å². The second-order valence-electron chi connectivity index (χ2n) is 33.9. The van der Waals surface area contributed by atoms with E-state index >= 15 is 8.78 Å². The number of carbonyl (C=O) groups excluding carboxylic acids is 8. The molecule has 720 valence electrons. The number of carbonyl (C=O) groups is 10. The number of aliphatic hydroxyl groups excluding tert-OH is 1. The van der Waals surface area contributed by atoms with E-state index in [1.807, 2.05) is 5.38 Å². The monoisotopic (exact) mass is 2030 g/mol. The van der Waals surface area contributed by atoms with Gasteiger partial charge in [0.2, 0.25) is 27.6 Å². The molecule has 0 radical (unpaired) electrons. The van der Waals surface area contributed by atoms with E-state index in [-0.39, 0.29) is 94.4 Å². The van der Waals surface area contributed by atoms with Gasteiger partial charge in [-0.3, -0.25) is 23.3 Å². The predicted octanol–water partition coefficient (Wildman–Crippen LogP) is 14.3. The van der Waals surface area contributed by atoms with Gasteiger partial charge in [0, 0.05) is 30.0 Å². The number of nitrogens with two attached hydrogens (primary N) is 1. The van der Waals surface area contributed by atoms with Crippen LogP contribution in [0.15, 0.2) is 69.5 Å². The molecule has 3 aliphatic heterocycles. The number of ether oxygens (including phenoxy) is 12. The fourth-order valence-electron chi connectivity index (χ4n) is 13.0.